The lowest BCUT2D eigenvalue weighted by molar-refractivity contribution is 0.0603. The first kappa shape index (κ1) is 20.6. The average molecular weight is 466 g/mol. The van der Waals surface area contributed by atoms with Crippen molar-refractivity contribution in [3.05, 3.63) is 75.8 Å². The molecule has 1 aliphatic heterocycles. The van der Waals surface area contributed by atoms with E-state index in [-0.39, 0.29) is 17.2 Å². The zero-order valence-corrected chi connectivity index (χ0v) is 19.0. The Morgan fingerprint density at radius 3 is 2.23 bits per heavy atom. The van der Waals surface area contributed by atoms with Crippen LogP contribution in [0.15, 0.2) is 59.1 Å². The van der Waals surface area contributed by atoms with Gasteiger partial charge in [-0.2, -0.15) is 0 Å². The summed E-state index contributed by atoms with van der Waals surface area (Å²) in [6.07, 6.45) is 0.570. The lowest BCUT2D eigenvalue weighted by Crippen LogP contribution is -2.41. The number of carbonyl (C=O) groups is 2. The van der Waals surface area contributed by atoms with E-state index in [0.717, 1.165) is 21.0 Å². The second-order valence-corrected chi connectivity index (χ2v) is 9.42. The number of amides is 2. The van der Waals surface area contributed by atoms with Gasteiger partial charge in [0, 0.05) is 27.5 Å². The molecule has 1 heterocycles. The van der Waals surface area contributed by atoms with Crippen LogP contribution in [0.3, 0.4) is 0 Å². The monoisotopic (exact) mass is 465 g/mol. The predicted octanol–water partition coefficient (Wildman–Crippen LogP) is 5.96. The van der Waals surface area contributed by atoms with Gasteiger partial charge >= 0.3 is 0 Å². The molecule has 0 saturated heterocycles. The zero-order chi connectivity index (χ0) is 21.5. The Morgan fingerprint density at radius 1 is 0.900 bits per heavy atom. The fourth-order valence-electron chi connectivity index (χ4n) is 3.78. The van der Waals surface area contributed by atoms with Gasteiger partial charge in [0.15, 0.2) is 0 Å². The van der Waals surface area contributed by atoms with Gasteiger partial charge < -0.3 is 4.74 Å². The Bertz CT molecular complexity index is 1110. The van der Waals surface area contributed by atoms with Crippen LogP contribution in [-0.2, 0) is 5.41 Å². The predicted molar refractivity (Wildman–Crippen MR) is 122 cm³/mol. The number of rotatable bonds is 5. The van der Waals surface area contributed by atoms with Crippen LogP contribution >= 0.6 is 15.9 Å². The van der Waals surface area contributed by atoms with Gasteiger partial charge in [-0.3, -0.25) is 14.5 Å². The van der Waals surface area contributed by atoms with Crippen LogP contribution in [0.25, 0.3) is 10.8 Å². The van der Waals surface area contributed by atoms with Crippen LogP contribution in [0.5, 0.6) is 5.75 Å². The molecular formula is C25H24BrNO3. The van der Waals surface area contributed by atoms with Crippen molar-refractivity contribution in [1.82, 2.24) is 4.90 Å². The van der Waals surface area contributed by atoms with E-state index in [0.29, 0.717) is 30.7 Å². The van der Waals surface area contributed by atoms with Crippen LogP contribution in [0.4, 0.5) is 0 Å². The summed E-state index contributed by atoms with van der Waals surface area (Å²) >= 11 is 3.51. The Labute approximate surface area is 185 Å². The highest BCUT2D eigenvalue weighted by molar-refractivity contribution is 9.10. The molecule has 0 spiro atoms. The van der Waals surface area contributed by atoms with Gasteiger partial charge in [-0.15, -0.1) is 0 Å². The number of benzene rings is 3. The van der Waals surface area contributed by atoms with Crippen molar-refractivity contribution in [2.24, 2.45) is 0 Å². The Kier molecular flexibility index (Phi) is 5.41. The zero-order valence-electron chi connectivity index (χ0n) is 17.4. The largest absolute Gasteiger partial charge is 0.494 e. The highest BCUT2D eigenvalue weighted by atomic mass is 79.9. The Morgan fingerprint density at radius 2 is 1.57 bits per heavy atom. The summed E-state index contributed by atoms with van der Waals surface area (Å²) in [5.74, 6) is 0.302. The number of nitrogens with zero attached hydrogens (tertiary/aromatic N) is 1. The lowest BCUT2D eigenvalue weighted by Gasteiger charge is -2.27. The third-order valence-electron chi connectivity index (χ3n) is 5.45. The molecule has 0 saturated carbocycles. The molecule has 5 heteroatoms. The maximum Gasteiger partial charge on any atom is 0.261 e. The van der Waals surface area contributed by atoms with Gasteiger partial charge in [-0.25, -0.2) is 0 Å². The molecule has 154 valence electrons. The van der Waals surface area contributed by atoms with Gasteiger partial charge in [0.2, 0.25) is 0 Å². The third-order valence-corrected chi connectivity index (χ3v) is 6.15. The van der Waals surface area contributed by atoms with E-state index in [1.807, 2.05) is 30.3 Å². The average Bonchev–Trinajstić information content (AvgIpc) is 2.72. The second-order valence-electron chi connectivity index (χ2n) is 8.56. The van der Waals surface area contributed by atoms with Gasteiger partial charge in [0.25, 0.3) is 11.8 Å². The first-order chi connectivity index (χ1) is 14.3. The van der Waals surface area contributed by atoms with Crippen molar-refractivity contribution < 1.29 is 14.3 Å². The number of carbonyl (C=O) groups excluding carboxylic acids is 2. The van der Waals surface area contributed by atoms with Crippen molar-refractivity contribution in [3.63, 3.8) is 0 Å². The van der Waals surface area contributed by atoms with Crippen molar-refractivity contribution in [2.45, 2.75) is 32.6 Å². The van der Waals surface area contributed by atoms with Gasteiger partial charge in [0.05, 0.1) is 6.61 Å². The van der Waals surface area contributed by atoms with E-state index in [9.17, 15) is 9.59 Å². The summed E-state index contributed by atoms with van der Waals surface area (Å²) in [7, 11) is 0. The quantitative estimate of drug-likeness (QED) is 0.344. The summed E-state index contributed by atoms with van der Waals surface area (Å²) in [5.41, 5.74) is 2.49. The number of imide groups is 1. The van der Waals surface area contributed by atoms with Crippen molar-refractivity contribution in [1.29, 1.82) is 0 Å². The van der Waals surface area contributed by atoms with Crippen LogP contribution < -0.4 is 4.74 Å². The van der Waals surface area contributed by atoms with Crippen molar-refractivity contribution in [3.8, 4) is 5.75 Å². The minimum absolute atomic E-state index is 0.0995. The highest BCUT2D eigenvalue weighted by Gasteiger charge is 2.32. The summed E-state index contributed by atoms with van der Waals surface area (Å²) in [4.78, 5) is 27.3. The second kappa shape index (κ2) is 7.88. The molecule has 0 atom stereocenters. The highest BCUT2D eigenvalue weighted by Crippen LogP contribution is 2.34. The van der Waals surface area contributed by atoms with Gasteiger partial charge in [0.1, 0.15) is 5.75 Å². The first-order valence-corrected chi connectivity index (χ1v) is 10.9. The molecule has 4 rings (SSSR count). The van der Waals surface area contributed by atoms with Crippen LogP contribution in [0.1, 0.15) is 53.5 Å². The molecule has 0 unspecified atom stereocenters. The third kappa shape index (κ3) is 3.74. The van der Waals surface area contributed by atoms with Crippen LogP contribution in [0, 0.1) is 0 Å². The number of hydrogen-bond acceptors (Lipinski definition) is 3. The molecule has 3 aromatic carbocycles. The fourth-order valence-corrected chi connectivity index (χ4v) is 4.24. The van der Waals surface area contributed by atoms with Crippen LogP contribution in [0.2, 0.25) is 0 Å². The minimum Gasteiger partial charge on any atom is -0.494 e. The number of halogens is 1. The number of hydrogen-bond donors (Lipinski definition) is 0. The summed E-state index contributed by atoms with van der Waals surface area (Å²) in [6, 6.07) is 17.3. The Hall–Kier alpha value is -2.66. The minimum atomic E-state index is -0.245. The standard InChI is InChI=1S/C25H24BrNO3/c1-25(2,3)16-8-10-17(11-9-16)30-15-5-14-27-23(28)19-7-4-6-18-21(26)13-12-20(22(18)19)24(27)29/h4,6-13H,5,14-15H2,1-3H3. The molecule has 0 aromatic heterocycles. The molecule has 0 N–H and O–H groups in total. The molecule has 0 fully saturated rings. The molecule has 2 amide bonds. The molecule has 3 aromatic rings. The van der Waals surface area contributed by atoms with E-state index in [1.165, 1.54) is 10.5 Å². The fraction of sp³-hybridized carbons (Fsp3) is 0.280. The maximum atomic E-state index is 13.0. The van der Waals surface area contributed by atoms with Gasteiger partial charge in [-0.1, -0.05) is 61.0 Å². The van der Waals surface area contributed by atoms with Crippen molar-refractivity contribution in [2.75, 3.05) is 13.2 Å². The molecule has 0 aliphatic carbocycles. The molecule has 30 heavy (non-hydrogen) atoms. The van der Waals surface area contributed by atoms with E-state index in [2.05, 4.69) is 48.8 Å². The summed E-state index contributed by atoms with van der Waals surface area (Å²) in [5, 5.41) is 1.61. The number of ether oxygens (including phenoxy) is 1. The van der Waals surface area contributed by atoms with E-state index < -0.39 is 0 Å². The van der Waals surface area contributed by atoms with E-state index in [1.54, 1.807) is 12.1 Å². The summed E-state index contributed by atoms with van der Waals surface area (Å²) in [6.45, 7) is 7.28. The van der Waals surface area contributed by atoms with Crippen LogP contribution in [-0.4, -0.2) is 29.9 Å². The summed E-state index contributed by atoms with van der Waals surface area (Å²) < 4.78 is 6.70. The Balaban J connectivity index is 1.43. The molecule has 0 bridgehead atoms. The van der Waals surface area contributed by atoms with Crippen molar-refractivity contribution >= 4 is 38.5 Å². The molecule has 0 radical (unpaired) electrons. The van der Waals surface area contributed by atoms with Gasteiger partial charge in [-0.05, 0) is 53.1 Å². The lowest BCUT2D eigenvalue weighted by atomic mass is 9.87. The SMILES string of the molecule is CC(C)(C)c1ccc(OCCCN2C(=O)c3cccc4c(Br)ccc(c34)C2=O)cc1. The van der Waals surface area contributed by atoms with E-state index in [4.69, 9.17) is 4.74 Å². The topological polar surface area (TPSA) is 46.6 Å². The molecular weight excluding hydrogens is 442 g/mol. The molecule has 1 aliphatic rings. The smallest absolute Gasteiger partial charge is 0.261 e. The first-order valence-electron chi connectivity index (χ1n) is 10.1. The van der Waals surface area contributed by atoms with E-state index >= 15 is 0 Å². The maximum absolute atomic E-state index is 13.0. The molecule has 4 nitrogen and oxygen atoms in total. The normalized spacial score (nSPS) is 13.8.